The minimum atomic E-state index is 0.461. The fourth-order valence-corrected chi connectivity index (χ4v) is 2.24. The third kappa shape index (κ3) is 3.54. The van der Waals surface area contributed by atoms with Gasteiger partial charge in [0.05, 0.1) is 26.8 Å². The van der Waals surface area contributed by atoms with Crippen molar-refractivity contribution in [3.8, 4) is 11.8 Å². The number of aromatic nitrogens is 3. The average molecular weight is 280 g/mol. The van der Waals surface area contributed by atoms with Crippen LogP contribution in [0.15, 0.2) is 12.3 Å². The second kappa shape index (κ2) is 6.33. The van der Waals surface area contributed by atoms with Crippen LogP contribution in [-0.4, -0.2) is 29.2 Å². The molecule has 19 heavy (non-hydrogen) atoms. The predicted octanol–water partition coefficient (Wildman–Crippen LogP) is 2.12. The van der Waals surface area contributed by atoms with Crippen LogP contribution in [0.1, 0.15) is 16.8 Å². The minimum absolute atomic E-state index is 0.461. The van der Waals surface area contributed by atoms with E-state index in [0.29, 0.717) is 24.3 Å². The van der Waals surface area contributed by atoms with Gasteiger partial charge in [-0.05, 0) is 6.42 Å². The molecule has 6 nitrogen and oxygen atoms in total. The van der Waals surface area contributed by atoms with Crippen molar-refractivity contribution >= 4 is 17.3 Å². The molecule has 102 valence electrons. The molecule has 0 aromatic carbocycles. The maximum absolute atomic E-state index is 5.09. The molecular weight excluding hydrogens is 264 g/mol. The average Bonchev–Trinajstić information content (AvgIpc) is 2.92. The number of hydrogen-bond acceptors (Lipinski definition) is 7. The van der Waals surface area contributed by atoms with Gasteiger partial charge in [-0.1, -0.05) is 6.92 Å². The Morgan fingerprint density at radius 1 is 1.21 bits per heavy atom. The molecule has 0 bridgehead atoms. The maximum atomic E-state index is 5.09. The monoisotopic (exact) mass is 280 g/mol. The maximum Gasteiger partial charge on any atom is 0.229 e. The Balaban J connectivity index is 2.05. The minimum Gasteiger partial charge on any atom is -0.481 e. The van der Waals surface area contributed by atoms with Gasteiger partial charge in [-0.2, -0.15) is 9.97 Å². The number of aryl methyl sites for hydroxylation is 1. The van der Waals surface area contributed by atoms with Crippen LogP contribution < -0.4 is 14.8 Å². The SMILES string of the molecule is CCc1cnc(CNc2nc(OC)cc(OC)n2)s1. The van der Waals surface area contributed by atoms with Crippen molar-refractivity contribution in [1.29, 1.82) is 0 Å². The van der Waals surface area contributed by atoms with Crippen LogP contribution >= 0.6 is 11.3 Å². The van der Waals surface area contributed by atoms with E-state index in [1.54, 1.807) is 31.6 Å². The summed E-state index contributed by atoms with van der Waals surface area (Å²) >= 11 is 1.68. The van der Waals surface area contributed by atoms with E-state index >= 15 is 0 Å². The van der Waals surface area contributed by atoms with Crippen molar-refractivity contribution in [2.24, 2.45) is 0 Å². The summed E-state index contributed by atoms with van der Waals surface area (Å²) in [6.45, 7) is 2.70. The zero-order valence-electron chi connectivity index (χ0n) is 11.1. The van der Waals surface area contributed by atoms with E-state index in [0.717, 1.165) is 11.4 Å². The molecule has 0 aliphatic heterocycles. The highest BCUT2D eigenvalue weighted by atomic mass is 32.1. The molecule has 0 saturated heterocycles. The first-order valence-electron chi connectivity index (χ1n) is 5.89. The van der Waals surface area contributed by atoms with Gasteiger partial charge in [-0.3, -0.25) is 0 Å². The standard InChI is InChI=1S/C12H16N4O2S/c1-4-8-6-13-11(19-8)7-14-12-15-9(17-2)5-10(16-12)18-3/h5-6H,4,7H2,1-3H3,(H,14,15,16). The lowest BCUT2D eigenvalue weighted by Gasteiger charge is -2.07. The number of anilines is 1. The Bertz CT molecular complexity index is 522. The number of hydrogen-bond donors (Lipinski definition) is 1. The molecule has 0 atom stereocenters. The quantitative estimate of drug-likeness (QED) is 0.874. The summed E-state index contributed by atoms with van der Waals surface area (Å²) in [5.74, 6) is 1.38. The van der Waals surface area contributed by atoms with Gasteiger partial charge in [0.25, 0.3) is 0 Å². The normalized spacial score (nSPS) is 10.3. The predicted molar refractivity (Wildman–Crippen MR) is 74.0 cm³/mol. The lowest BCUT2D eigenvalue weighted by atomic mass is 10.4. The Kier molecular flexibility index (Phi) is 4.51. The largest absolute Gasteiger partial charge is 0.481 e. The molecule has 0 unspecified atom stereocenters. The van der Waals surface area contributed by atoms with Crippen LogP contribution in [0.3, 0.4) is 0 Å². The van der Waals surface area contributed by atoms with Gasteiger partial charge in [0.15, 0.2) is 0 Å². The molecule has 2 aromatic rings. The Morgan fingerprint density at radius 2 is 1.89 bits per heavy atom. The molecule has 1 N–H and O–H groups in total. The molecule has 0 spiro atoms. The molecule has 0 radical (unpaired) electrons. The van der Waals surface area contributed by atoms with Crippen molar-refractivity contribution in [1.82, 2.24) is 15.0 Å². The summed E-state index contributed by atoms with van der Waals surface area (Å²) in [5.41, 5.74) is 0. The van der Waals surface area contributed by atoms with E-state index in [4.69, 9.17) is 9.47 Å². The summed E-state index contributed by atoms with van der Waals surface area (Å²) in [6, 6.07) is 1.63. The number of methoxy groups -OCH3 is 2. The second-order valence-electron chi connectivity index (χ2n) is 3.70. The highest BCUT2D eigenvalue weighted by Gasteiger charge is 2.06. The molecule has 7 heteroatoms. The van der Waals surface area contributed by atoms with Crippen LogP contribution in [0, 0.1) is 0 Å². The summed E-state index contributed by atoms with van der Waals surface area (Å²) in [6.07, 6.45) is 2.90. The summed E-state index contributed by atoms with van der Waals surface area (Å²) < 4.78 is 10.2. The van der Waals surface area contributed by atoms with Gasteiger partial charge in [-0.15, -0.1) is 11.3 Å². The van der Waals surface area contributed by atoms with E-state index in [-0.39, 0.29) is 0 Å². The van der Waals surface area contributed by atoms with Crippen LogP contribution in [0.5, 0.6) is 11.8 Å². The third-order valence-corrected chi connectivity index (χ3v) is 3.59. The number of nitrogens with one attached hydrogen (secondary N) is 1. The summed E-state index contributed by atoms with van der Waals surface area (Å²) in [4.78, 5) is 14.0. The smallest absolute Gasteiger partial charge is 0.229 e. The molecule has 0 aliphatic carbocycles. The van der Waals surface area contributed by atoms with Gasteiger partial charge in [-0.25, -0.2) is 4.98 Å². The third-order valence-electron chi connectivity index (χ3n) is 2.45. The van der Waals surface area contributed by atoms with Crippen molar-refractivity contribution in [3.05, 3.63) is 22.1 Å². The van der Waals surface area contributed by atoms with Crippen LogP contribution in [0.2, 0.25) is 0 Å². The first-order chi connectivity index (χ1) is 9.25. The van der Waals surface area contributed by atoms with Gasteiger partial charge in [0.1, 0.15) is 5.01 Å². The van der Waals surface area contributed by atoms with Crippen LogP contribution in [0.25, 0.3) is 0 Å². The number of ether oxygens (including phenoxy) is 2. The van der Waals surface area contributed by atoms with Gasteiger partial charge < -0.3 is 14.8 Å². The second-order valence-corrected chi connectivity index (χ2v) is 4.90. The van der Waals surface area contributed by atoms with Gasteiger partial charge in [0.2, 0.25) is 17.7 Å². The molecule has 2 aromatic heterocycles. The Morgan fingerprint density at radius 3 is 2.42 bits per heavy atom. The van der Waals surface area contributed by atoms with Gasteiger partial charge >= 0.3 is 0 Å². The Labute approximate surface area is 115 Å². The number of rotatable bonds is 6. The van der Waals surface area contributed by atoms with E-state index in [1.165, 1.54) is 4.88 Å². The lowest BCUT2D eigenvalue weighted by molar-refractivity contribution is 0.373. The molecular formula is C12H16N4O2S. The van der Waals surface area contributed by atoms with Crippen molar-refractivity contribution in [3.63, 3.8) is 0 Å². The van der Waals surface area contributed by atoms with E-state index in [9.17, 15) is 0 Å². The molecule has 0 aliphatic rings. The summed E-state index contributed by atoms with van der Waals surface area (Å²) in [7, 11) is 3.11. The highest BCUT2D eigenvalue weighted by Crippen LogP contribution is 2.19. The highest BCUT2D eigenvalue weighted by molar-refractivity contribution is 7.11. The summed E-state index contributed by atoms with van der Waals surface area (Å²) in [5, 5.41) is 4.12. The van der Waals surface area contributed by atoms with E-state index in [2.05, 4.69) is 27.2 Å². The van der Waals surface area contributed by atoms with Crippen LogP contribution in [0.4, 0.5) is 5.95 Å². The van der Waals surface area contributed by atoms with E-state index in [1.807, 2.05) is 6.20 Å². The molecule has 0 amide bonds. The molecule has 0 fully saturated rings. The fourth-order valence-electron chi connectivity index (χ4n) is 1.44. The van der Waals surface area contributed by atoms with Crippen molar-refractivity contribution in [2.45, 2.75) is 19.9 Å². The van der Waals surface area contributed by atoms with Crippen molar-refractivity contribution in [2.75, 3.05) is 19.5 Å². The first kappa shape index (κ1) is 13.5. The Hall–Kier alpha value is -1.89. The molecule has 2 heterocycles. The number of nitrogens with zero attached hydrogens (tertiary/aromatic N) is 3. The number of thiazole rings is 1. The topological polar surface area (TPSA) is 69.2 Å². The van der Waals surface area contributed by atoms with Gasteiger partial charge in [0, 0.05) is 11.1 Å². The van der Waals surface area contributed by atoms with Crippen molar-refractivity contribution < 1.29 is 9.47 Å². The zero-order valence-corrected chi connectivity index (χ0v) is 12.0. The van der Waals surface area contributed by atoms with E-state index < -0.39 is 0 Å². The zero-order chi connectivity index (χ0) is 13.7. The fraction of sp³-hybridized carbons (Fsp3) is 0.417. The lowest BCUT2D eigenvalue weighted by Crippen LogP contribution is -2.05. The molecule has 0 saturated carbocycles. The molecule has 2 rings (SSSR count). The first-order valence-corrected chi connectivity index (χ1v) is 6.71. The van der Waals surface area contributed by atoms with Crippen LogP contribution in [-0.2, 0) is 13.0 Å².